The molecule has 0 aromatic heterocycles. The molecular weight excluding hydrogens is 1240 g/mol. The van der Waals surface area contributed by atoms with Crippen molar-refractivity contribution in [2.24, 2.45) is 0 Å². The molecule has 4 N–H and O–H groups in total. The molecule has 18 heteroatoms. The summed E-state index contributed by atoms with van der Waals surface area (Å²) in [7, 11) is -9.79. The Kier molecular flexibility index (Phi) is 66.9. The van der Waals surface area contributed by atoms with Crippen LogP contribution in [0.4, 0.5) is 0 Å². The highest BCUT2D eigenvalue weighted by atomic mass is 31.2. The van der Waals surface area contributed by atoms with Gasteiger partial charge in [0.1, 0.15) is 25.4 Å². The molecule has 0 aliphatic carbocycles. The van der Waals surface area contributed by atoms with Gasteiger partial charge in [0.15, 0.2) is 6.10 Å². The average molecular weight is 1380 g/mol. The lowest BCUT2D eigenvalue weighted by atomic mass is 10.1. The van der Waals surface area contributed by atoms with Gasteiger partial charge in [-0.1, -0.05) is 258 Å². The third-order valence-electron chi connectivity index (χ3n) is 15.1. The van der Waals surface area contributed by atoms with Gasteiger partial charge < -0.3 is 34.2 Å². The number of aliphatic hydroxyl groups is 2. The number of esters is 3. The smallest absolute Gasteiger partial charge is 0.463 e. The Morgan fingerprint density at radius 3 is 0.916 bits per heavy atom. The van der Waals surface area contributed by atoms with E-state index < -0.39 is 91.5 Å². The first-order valence-electron chi connectivity index (χ1n) is 36.8. The van der Waals surface area contributed by atoms with Gasteiger partial charge in [-0.2, -0.15) is 0 Å². The molecule has 0 aromatic carbocycles. The molecule has 0 spiro atoms. The second-order valence-corrected chi connectivity index (χ2v) is 27.3. The second kappa shape index (κ2) is 69.8. The van der Waals surface area contributed by atoms with Gasteiger partial charge in [-0.15, -0.1) is 0 Å². The molecule has 0 radical (unpaired) electrons. The van der Waals surface area contributed by atoms with Crippen molar-refractivity contribution in [2.45, 2.75) is 309 Å². The van der Waals surface area contributed by atoms with Crippen LogP contribution in [0.3, 0.4) is 0 Å². The summed E-state index contributed by atoms with van der Waals surface area (Å²) in [6, 6.07) is 0. The number of phosphoric ester groups is 2. The van der Waals surface area contributed by atoms with E-state index in [1.807, 2.05) is 0 Å². The van der Waals surface area contributed by atoms with Crippen LogP contribution in [0.1, 0.15) is 290 Å². The number of allylic oxidation sites excluding steroid dienone is 20. The van der Waals surface area contributed by atoms with Crippen molar-refractivity contribution in [1.29, 1.82) is 0 Å². The van der Waals surface area contributed by atoms with Gasteiger partial charge in [0.25, 0.3) is 0 Å². The minimum atomic E-state index is -4.93. The zero-order valence-corrected chi connectivity index (χ0v) is 61.1. The maximum atomic E-state index is 12.9. The highest BCUT2D eigenvalue weighted by Gasteiger charge is 2.29. The average Bonchev–Trinajstić information content (AvgIpc) is 1.81. The molecule has 546 valence electrons. The number of ether oxygens (including phenoxy) is 3. The van der Waals surface area contributed by atoms with Gasteiger partial charge >= 0.3 is 33.6 Å². The number of rotatable bonds is 69. The highest BCUT2D eigenvalue weighted by molar-refractivity contribution is 7.47. The van der Waals surface area contributed by atoms with Crippen molar-refractivity contribution >= 4 is 33.6 Å². The predicted octanol–water partition coefficient (Wildman–Crippen LogP) is 21.0. The number of aliphatic hydroxyl groups excluding tert-OH is 2. The zero-order chi connectivity index (χ0) is 69.5. The van der Waals surface area contributed by atoms with Crippen LogP contribution in [-0.4, -0.2) is 95.9 Å². The lowest BCUT2D eigenvalue weighted by Gasteiger charge is -2.21. The molecule has 0 aromatic rings. The van der Waals surface area contributed by atoms with E-state index in [-0.39, 0.29) is 19.3 Å². The first kappa shape index (κ1) is 91.0. The lowest BCUT2D eigenvalue weighted by molar-refractivity contribution is -0.161. The first-order valence-corrected chi connectivity index (χ1v) is 39.8. The van der Waals surface area contributed by atoms with Crippen molar-refractivity contribution in [3.8, 4) is 0 Å². The van der Waals surface area contributed by atoms with Gasteiger partial charge in [0, 0.05) is 19.3 Å². The Morgan fingerprint density at radius 2 is 0.558 bits per heavy atom. The number of hydrogen-bond acceptors (Lipinski definition) is 14. The Hall–Kier alpha value is -4.05. The number of hydrogen-bond donors (Lipinski definition) is 4. The van der Waals surface area contributed by atoms with Gasteiger partial charge in [-0.25, -0.2) is 9.13 Å². The maximum absolute atomic E-state index is 12.9. The van der Waals surface area contributed by atoms with E-state index in [0.29, 0.717) is 19.3 Å². The molecule has 16 nitrogen and oxygen atoms in total. The lowest BCUT2D eigenvalue weighted by Crippen LogP contribution is -2.30. The van der Waals surface area contributed by atoms with Gasteiger partial charge in [-0.05, 0) is 135 Å². The summed E-state index contributed by atoms with van der Waals surface area (Å²) >= 11 is 0. The summed E-state index contributed by atoms with van der Waals surface area (Å²) < 4.78 is 61.0. The summed E-state index contributed by atoms with van der Waals surface area (Å²) in [6.07, 6.45) is 81.0. The monoisotopic (exact) mass is 1370 g/mol. The molecule has 0 bridgehead atoms. The van der Waals surface area contributed by atoms with Crippen LogP contribution >= 0.6 is 15.6 Å². The molecule has 0 aliphatic rings. The number of carbonyl (C=O) groups excluding carboxylic acids is 3. The second-order valence-electron chi connectivity index (χ2n) is 24.4. The molecule has 0 saturated carbocycles. The molecule has 0 aliphatic heterocycles. The Balaban J connectivity index is 4.56. The molecule has 0 amide bonds. The fourth-order valence-corrected chi connectivity index (χ4v) is 11.1. The van der Waals surface area contributed by atoms with Crippen LogP contribution in [0.25, 0.3) is 0 Å². The van der Waals surface area contributed by atoms with Crippen LogP contribution in [-0.2, 0) is 55.8 Å². The van der Waals surface area contributed by atoms with E-state index in [9.17, 15) is 43.5 Å². The standard InChI is InChI=1S/C77H132O16P2/c1-4-7-10-13-16-19-22-25-27-29-31-32-33-34-35-36-37-38-40-42-43-46-48-51-54-57-60-63-75(80)87-66-72(78)67-89-94(83,84)90-68-73(79)69-91-95(85,86)92-71-74(93-77(82)65-62-59-56-53-50-45-24-21-18-15-12-9-6-3)70-88-76(81)64-61-58-55-52-49-47-44-41-39-30-28-26-23-20-17-14-11-8-5-2/h7,10,16-17,19-21,24-28,31-32,34-35,37-39,41,72-74,78-79H,4-6,8-9,11-15,18,22-23,29-30,33,36,40,42-71H2,1-3H3,(H,83,84)(H,85,86)/b10-7-,19-16-,20-17-,24-21-,27-25-,28-26-,32-31-,35-34-,38-37-,41-39-. The number of unbranched alkanes of at least 4 members (excludes halogenated alkanes) is 26. The van der Waals surface area contributed by atoms with E-state index in [1.54, 1.807) is 0 Å². The van der Waals surface area contributed by atoms with Gasteiger partial charge in [0.2, 0.25) is 0 Å². The van der Waals surface area contributed by atoms with E-state index in [4.69, 9.17) is 32.3 Å². The van der Waals surface area contributed by atoms with E-state index >= 15 is 0 Å². The third-order valence-corrected chi connectivity index (χ3v) is 17.0. The molecule has 0 saturated heterocycles. The molecular formula is C77H132O16P2. The zero-order valence-electron chi connectivity index (χ0n) is 59.3. The predicted molar refractivity (Wildman–Crippen MR) is 390 cm³/mol. The summed E-state index contributed by atoms with van der Waals surface area (Å²) in [5, 5.41) is 20.6. The quantitative estimate of drug-likeness (QED) is 0.0146. The van der Waals surface area contributed by atoms with Gasteiger partial charge in [-0.3, -0.25) is 32.5 Å². The summed E-state index contributed by atoms with van der Waals surface area (Å²) in [5.74, 6) is -1.61. The van der Waals surface area contributed by atoms with E-state index in [0.717, 1.165) is 167 Å². The minimum Gasteiger partial charge on any atom is -0.463 e. The maximum Gasteiger partial charge on any atom is 0.472 e. The molecule has 5 unspecified atom stereocenters. The van der Waals surface area contributed by atoms with Crippen LogP contribution in [0, 0.1) is 0 Å². The van der Waals surface area contributed by atoms with E-state index in [1.165, 1.54) is 64.2 Å². The molecule has 0 rings (SSSR count). The van der Waals surface area contributed by atoms with Crippen LogP contribution < -0.4 is 0 Å². The molecule has 95 heavy (non-hydrogen) atoms. The summed E-state index contributed by atoms with van der Waals surface area (Å²) in [5.41, 5.74) is 0. The minimum absolute atomic E-state index is 0.0901. The highest BCUT2D eigenvalue weighted by Crippen LogP contribution is 2.45. The van der Waals surface area contributed by atoms with Crippen molar-refractivity contribution in [3.05, 3.63) is 122 Å². The fourth-order valence-electron chi connectivity index (χ4n) is 9.52. The van der Waals surface area contributed by atoms with Crippen LogP contribution in [0.2, 0.25) is 0 Å². The SMILES string of the molecule is CC/C=C\C/C=C\C/C=C\C/C=C\C/C=C\C/C=C\CCCCCCCCCCC(=O)OCC(O)COP(=O)(O)OCC(O)COP(=O)(O)OCC(COC(=O)CCCCCCCC/C=C\C/C=C\C/C=C\CCCCC)OC(=O)CCCCCCC/C=C\CCCCCC. The Morgan fingerprint density at radius 1 is 0.305 bits per heavy atom. The number of phosphoric acid groups is 2. The van der Waals surface area contributed by atoms with E-state index in [2.05, 4.69) is 142 Å². The van der Waals surface area contributed by atoms with Crippen LogP contribution in [0.5, 0.6) is 0 Å². The summed E-state index contributed by atoms with van der Waals surface area (Å²) in [6.45, 7) is 2.48. The topological polar surface area (TPSA) is 231 Å². The van der Waals surface area contributed by atoms with Crippen molar-refractivity contribution in [1.82, 2.24) is 0 Å². The molecule has 0 heterocycles. The molecule has 5 atom stereocenters. The van der Waals surface area contributed by atoms with Crippen molar-refractivity contribution in [2.75, 3.05) is 39.6 Å². The fraction of sp³-hybridized carbons (Fsp3) is 0.701. The van der Waals surface area contributed by atoms with Crippen molar-refractivity contribution < 1.29 is 75.8 Å². The summed E-state index contributed by atoms with van der Waals surface area (Å²) in [4.78, 5) is 58.5. The largest absolute Gasteiger partial charge is 0.472 e. The Labute approximate surface area is 576 Å². The number of carbonyl (C=O) groups is 3. The Bertz CT molecular complexity index is 2210. The molecule has 0 fully saturated rings. The van der Waals surface area contributed by atoms with Crippen LogP contribution in [0.15, 0.2) is 122 Å². The third kappa shape index (κ3) is 71.1. The normalized spacial score (nSPS) is 14.8. The van der Waals surface area contributed by atoms with Gasteiger partial charge in [0.05, 0.1) is 26.4 Å². The van der Waals surface area contributed by atoms with Crippen molar-refractivity contribution in [3.63, 3.8) is 0 Å². The first-order chi connectivity index (χ1) is 46.2.